The van der Waals surface area contributed by atoms with Gasteiger partial charge in [-0.3, -0.25) is 14.2 Å². The number of halogens is 4. The minimum absolute atomic E-state index is 0.00597. The molecule has 2 N–H and O–H groups in total. The third kappa shape index (κ3) is 5.84. The number of carbonyl (C=O) groups excluding carboxylic acids is 2. The van der Waals surface area contributed by atoms with E-state index < -0.39 is 17.6 Å². The topological polar surface area (TPSA) is 88.9 Å². The summed E-state index contributed by atoms with van der Waals surface area (Å²) in [4.78, 5) is 26.0. The van der Waals surface area contributed by atoms with Gasteiger partial charge in [0, 0.05) is 16.8 Å². The van der Waals surface area contributed by atoms with Crippen molar-refractivity contribution in [2.24, 2.45) is 23.2 Å². The first-order chi connectivity index (χ1) is 19.6. The van der Waals surface area contributed by atoms with Gasteiger partial charge >= 0.3 is 6.18 Å². The van der Waals surface area contributed by atoms with E-state index in [9.17, 15) is 27.2 Å². The van der Waals surface area contributed by atoms with Crippen LogP contribution in [0.3, 0.4) is 0 Å². The van der Waals surface area contributed by atoms with Crippen molar-refractivity contribution in [3.63, 3.8) is 0 Å². The molecule has 2 aromatic carbocycles. The zero-order valence-corrected chi connectivity index (χ0v) is 22.9. The zero-order chi connectivity index (χ0) is 28.8. The molecule has 0 aliphatic heterocycles. The molecule has 1 heterocycles. The van der Waals surface area contributed by atoms with Crippen LogP contribution in [0.15, 0.2) is 53.7 Å². The summed E-state index contributed by atoms with van der Waals surface area (Å²) in [6.45, 7) is 0.0525. The second-order valence-electron chi connectivity index (χ2n) is 11.5. The summed E-state index contributed by atoms with van der Waals surface area (Å²) in [6, 6.07) is 9.92. The molecule has 4 bridgehead atoms. The lowest BCUT2D eigenvalue weighted by Crippen LogP contribution is -2.53. The molecule has 0 spiro atoms. The fraction of sp³-hybridized carbons (Fsp3) is 0.448. The van der Waals surface area contributed by atoms with Crippen LogP contribution in [-0.2, 0) is 22.3 Å². The first-order valence-corrected chi connectivity index (χ1v) is 14.6. The summed E-state index contributed by atoms with van der Waals surface area (Å²) in [5, 5.41) is 14.4. The van der Waals surface area contributed by atoms with E-state index >= 15 is 0 Å². The van der Waals surface area contributed by atoms with Gasteiger partial charge in [-0.05, 0) is 105 Å². The number of carbonyl (C=O) groups is 2. The molecule has 7 rings (SSSR count). The van der Waals surface area contributed by atoms with E-state index in [-0.39, 0.29) is 34.7 Å². The minimum atomic E-state index is -4.49. The number of alkyl halides is 3. The van der Waals surface area contributed by atoms with Crippen LogP contribution in [0.5, 0.6) is 0 Å². The number of anilines is 1. The van der Waals surface area contributed by atoms with E-state index in [1.165, 1.54) is 55.7 Å². The van der Waals surface area contributed by atoms with E-state index in [1.807, 2.05) is 0 Å². The number of hydrogen-bond acceptors (Lipinski definition) is 5. The van der Waals surface area contributed by atoms with Gasteiger partial charge in [0.1, 0.15) is 5.82 Å². The normalized spacial score (nSPS) is 24.8. The number of benzene rings is 2. The zero-order valence-electron chi connectivity index (χ0n) is 22.1. The summed E-state index contributed by atoms with van der Waals surface area (Å²) in [5.74, 6) is 1.29. The van der Waals surface area contributed by atoms with Crippen LogP contribution in [-0.4, -0.2) is 32.3 Å². The number of nitrogens with zero attached hydrogens (tertiary/aromatic N) is 3. The highest BCUT2D eigenvalue weighted by molar-refractivity contribution is 7.99. The van der Waals surface area contributed by atoms with Crippen LogP contribution in [0.25, 0.3) is 5.69 Å². The largest absolute Gasteiger partial charge is 0.416 e. The molecule has 3 aromatic rings. The Balaban J connectivity index is 1.20. The molecule has 216 valence electrons. The number of nitrogens with one attached hydrogen (secondary N) is 2. The quantitative estimate of drug-likeness (QED) is 0.250. The Bertz CT molecular complexity index is 1400. The molecular formula is C29H29F4N5O2S. The number of thioether (sulfide) groups is 1. The smallest absolute Gasteiger partial charge is 0.348 e. The Morgan fingerprint density at radius 3 is 2.12 bits per heavy atom. The molecule has 2 amide bonds. The van der Waals surface area contributed by atoms with E-state index in [4.69, 9.17) is 0 Å². The van der Waals surface area contributed by atoms with Crippen molar-refractivity contribution in [3.8, 4) is 5.69 Å². The van der Waals surface area contributed by atoms with Crippen molar-refractivity contribution in [1.82, 2.24) is 20.1 Å². The molecule has 7 nitrogen and oxygen atoms in total. The van der Waals surface area contributed by atoms with E-state index in [2.05, 4.69) is 20.8 Å². The van der Waals surface area contributed by atoms with Gasteiger partial charge in [0.2, 0.25) is 11.8 Å². The van der Waals surface area contributed by atoms with Crippen molar-refractivity contribution in [1.29, 1.82) is 0 Å². The van der Waals surface area contributed by atoms with Gasteiger partial charge in [0.05, 0.1) is 17.9 Å². The third-order valence-electron chi connectivity index (χ3n) is 8.54. The second-order valence-corrected chi connectivity index (χ2v) is 12.4. The molecule has 0 atom stereocenters. The van der Waals surface area contributed by atoms with Crippen LogP contribution in [0.4, 0.5) is 23.2 Å². The lowest BCUT2D eigenvalue weighted by Gasteiger charge is -2.55. The van der Waals surface area contributed by atoms with Gasteiger partial charge in [-0.25, -0.2) is 4.39 Å². The Morgan fingerprint density at radius 1 is 0.927 bits per heavy atom. The van der Waals surface area contributed by atoms with Gasteiger partial charge < -0.3 is 10.6 Å². The molecule has 0 unspecified atom stereocenters. The molecule has 4 aliphatic carbocycles. The van der Waals surface area contributed by atoms with Crippen molar-refractivity contribution >= 4 is 29.3 Å². The maximum Gasteiger partial charge on any atom is 0.416 e. The maximum absolute atomic E-state index is 13.5. The highest BCUT2D eigenvalue weighted by atomic mass is 32.2. The number of amides is 2. The SMILES string of the molecule is O=C(CSc1nnc(CNC(=O)C23CC4CC(CC(C4)C2)C3)n1-c1ccc(C(F)(F)F)cc1)Nc1ccc(F)cc1. The lowest BCUT2D eigenvalue weighted by molar-refractivity contribution is -0.146. The Hall–Kier alpha value is -3.41. The molecule has 12 heteroatoms. The molecule has 4 fully saturated rings. The average Bonchev–Trinajstić information content (AvgIpc) is 3.33. The summed E-state index contributed by atoms with van der Waals surface area (Å²) < 4.78 is 54.3. The fourth-order valence-corrected chi connectivity index (χ4v) is 7.93. The predicted octanol–water partition coefficient (Wildman–Crippen LogP) is 5.99. The third-order valence-corrected chi connectivity index (χ3v) is 9.47. The van der Waals surface area contributed by atoms with E-state index in [1.54, 1.807) is 4.57 Å². The maximum atomic E-state index is 13.5. The van der Waals surface area contributed by atoms with Gasteiger partial charge in [0.15, 0.2) is 11.0 Å². The van der Waals surface area contributed by atoms with Crippen molar-refractivity contribution in [2.75, 3.05) is 11.1 Å². The average molecular weight is 588 g/mol. The van der Waals surface area contributed by atoms with Gasteiger partial charge in [0.25, 0.3) is 0 Å². The molecule has 4 saturated carbocycles. The minimum Gasteiger partial charge on any atom is -0.348 e. The van der Waals surface area contributed by atoms with Crippen molar-refractivity contribution < 1.29 is 27.2 Å². The first-order valence-electron chi connectivity index (χ1n) is 13.7. The summed E-state index contributed by atoms with van der Waals surface area (Å²) >= 11 is 1.05. The summed E-state index contributed by atoms with van der Waals surface area (Å²) in [6.07, 6.45) is 1.86. The van der Waals surface area contributed by atoms with Crippen molar-refractivity contribution in [3.05, 3.63) is 65.7 Å². The molecular weight excluding hydrogens is 558 g/mol. The standard InChI is InChI=1S/C29H29F4N5O2S/c30-21-3-5-22(6-4-21)35-25(39)16-41-27-37-36-24(38(27)23-7-1-20(2-8-23)29(31,32)33)15-34-26(40)28-12-17-9-18(13-28)11-19(10-17)14-28/h1-8,17-19H,9-16H2,(H,34,40)(H,35,39). The second kappa shape index (κ2) is 10.8. The Labute approximate surface area is 238 Å². The molecule has 4 aliphatic rings. The molecule has 1 aromatic heterocycles. The summed E-state index contributed by atoms with van der Waals surface area (Å²) in [5.41, 5.74) is -0.346. The van der Waals surface area contributed by atoms with E-state index in [0.717, 1.165) is 43.2 Å². The highest BCUT2D eigenvalue weighted by Crippen LogP contribution is 2.60. The fourth-order valence-electron chi connectivity index (χ4n) is 7.16. The Morgan fingerprint density at radius 2 is 1.54 bits per heavy atom. The van der Waals surface area contributed by atoms with Gasteiger partial charge in [-0.2, -0.15) is 13.2 Å². The first kappa shape index (κ1) is 27.7. The van der Waals surface area contributed by atoms with Crippen molar-refractivity contribution in [2.45, 2.75) is 56.4 Å². The number of rotatable bonds is 8. The monoisotopic (exact) mass is 587 g/mol. The van der Waals surface area contributed by atoms with Crippen LogP contribution >= 0.6 is 11.8 Å². The summed E-state index contributed by atoms with van der Waals surface area (Å²) in [7, 11) is 0. The van der Waals surface area contributed by atoms with Crippen LogP contribution in [0, 0.1) is 29.0 Å². The lowest BCUT2D eigenvalue weighted by atomic mass is 9.49. The van der Waals surface area contributed by atoms with E-state index in [0.29, 0.717) is 35.0 Å². The predicted molar refractivity (Wildman–Crippen MR) is 145 cm³/mol. The Kier molecular flexibility index (Phi) is 7.29. The van der Waals surface area contributed by atoms with Gasteiger partial charge in [-0.15, -0.1) is 10.2 Å². The van der Waals surface area contributed by atoms with Crippen LogP contribution in [0.1, 0.15) is 49.9 Å². The van der Waals surface area contributed by atoms with Crippen LogP contribution in [0.2, 0.25) is 0 Å². The molecule has 41 heavy (non-hydrogen) atoms. The number of hydrogen-bond donors (Lipinski definition) is 2. The highest BCUT2D eigenvalue weighted by Gasteiger charge is 2.54. The molecule has 0 saturated heterocycles. The van der Waals surface area contributed by atoms with Crippen LogP contribution < -0.4 is 10.6 Å². The molecule has 0 radical (unpaired) electrons. The van der Waals surface area contributed by atoms with Gasteiger partial charge in [-0.1, -0.05) is 11.8 Å². The number of aromatic nitrogens is 3.